The molecule has 20 heavy (non-hydrogen) atoms. The topological polar surface area (TPSA) is 46.6 Å². The molecule has 1 heterocycles. The van der Waals surface area contributed by atoms with Gasteiger partial charge in [-0.1, -0.05) is 33.3 Å². The first-order chi connectivity index (χ1) is 9.09. The number of carbonyl (C=O) groups excluding carboxylic acids is 2. The Balaban J connectivity index is 0.00000172. The van der Waals surface area contributed by atoms with E-state index in [1.165, 1.54) is 0 Å². The molecule has 0 aromatic carbocycles. The zero-order chi connectivity index (χ0) is 16.1. The highest BCUT2D eigenvalue weighted by molar-refractivity contribution is 5.97. The second-order valence-electron chi connectivity index (χ2n) is 6.22. The van der Waals surface area contributed by atoms with Crippen molar-refractivity contribution in [3.63, 3.8) is 0 Å². The molecule has 0 spiro atoms. The maximum absolute atomic E-state index is 12.3. The Morgan fingerprint density at radius 2 is 1.90 bits per heavy atom. The largest absolute Gasteiger partial charge is 0.443 e. The van der Waals surface area contributed by atoms with Crippen LogP contribution in [0.15, 0.2) is 11.8 Å². The molecule has 0 aromatic rings. The summed E-state index contributed by atoms with van der Waals surface area (Å²) in [4.78, 5) is 25.5. The number of nitrogens with zero attached hydrogens (tertiary/aromatic N) is 1. The molecule has 1 unspecified atom stereocenters. The van der Waals surface area contributed by atoms with Gasteiger partial charge in [-0.05, 0) is 40.5 Å². The molecule has 2 amide bonds. The number of ether oxygens (including phenoxy) is 1. The van der Waals surface area contributed by atoms with Crippen LogP contribution in [-0.2, 0) is 9.53 Å². The summed E-state index contributed by atoms with van der Waals surface area (Å²) in [5.74, 6) is -0.176. The van der Waals surface area contributed by atoms with Crippen molar-refractivity contribution >= 4 is 12.0 Å². The van der Waals surface area contributed by atoms with E-state index in [1.54, 1.807) is 27.0 Å². The average Bonchev–Trinajstić information content (AvgIpc) is 2.34. The van der Waals surface area contributed by atoms with E-state index >= 15 is 0 Å². The number of carbonyl (C=O) groups is 2. The molecule has 4 nitrogen and oxygen atoms in total. The molecule has 0 radical (unpaired) electrons. The van der Waals surface area contributed by atoms with Gasteiger partial charge in [0.2, 0.25) is 5.91 Å². The molecular weight excluding hydrogens is 254 g/mol. The number of hydrogen-bond acceptors (Lipinski definition) is 3. The van der Waals surface area contributed by atoms with Crippen molar-refractivity contribution in [2.45, 2.75) is 73.8 Å². The summed E-state index contributed by atoms with van der Waals surface area (Å²) in [5.41, 5.74) is -0.0839. The van der Waals surface area contributed by atoms with Crippen molar-refractivity contribution in [3.8, 4) is 0 Å². The first kappa shape index (κ1) is 18.7. The SMILES string of the molecule is CC.CCC1(C)CC(C)=CN(C(=O)OC(C)(C)C)C1=O. The minimum absolute atomic E-state index is 0.176. The van der Waals surface area contributed by atoms with E-state index in [0.29, 0.717) is 12.8 Å². The van der Waals surface area contributed by atoms with E-state index in [-0.39, 0.29) is 5.91 Å². The van der Waals surface area contributed by atoms with Crippen LogP contribution in [0.4, 0.5) is 4.79 Å². The highest BCUT2D eigenvalue weighted by atomic mass is 16.6. The van der Waals surface area contributed by atoms with Crippen LogP contribution in [0, 0.1) is 5.41 Å². The fourth-order valence-electron chi connectivity index (χ4n) is 2.03. The van der Waals surface area contributed by atoms with E-state index in [1.807, 2.05) is 34.6 Å². The van der Waals surface area contributed by atoms with Gasteiger partial charge >= 0.3 is 6.09 Å². The van der Waals surface area contributed by atoms with Gasteiger partial charge in [-0.2, -0.15) is 0 Å². The number of allylic oxidation sites excluding steroid dienone is 1. The van der Waals surface area contributed by atoms with E-state index in [2.05, 4.69) is 0 Å². The predicted octanol–water partition coefficient (Wildman–Crippen LogP) is 4.50. The zero-order valence-corrected chi connectivity index (χ0v) is 14.2. The first-order valence-corrected chi connectivity index (χ1v) is 7.33. The average molecular weight is 283 g/mol. The molecule has 0 fully saturated rings. The van der Waals surface area contributed by atoms with Crippen LogP contribution in [0.1, 0.15) is 68.2 Å². The monoisotopic (exact) mass is 283 g/mol. The molecule has 1 rings (SSSR count). The van der Waals surface area contributed by atoms with Crippen LogP contribution < -0.4 is 0 Å². The predicted molar refractivity (Wildman–Crippen MR) is 81.2 cm³/mol. The van der Waals surface area contributed by atoms with Crippen LogP contribution in [0.2, 0.25) is 0 Å². The fraction of sp³-hybridized carbons (Fsp3) is 0.750. The molecule has 0 aliphatic carbocycles. The van der Waals surface area contributed by atoms with Gasteiger partial charge in [-0.15, -0.1) is 0 Å². The van der Waals surface area contributed by atoms with Gasteiger partial charge in [0.1, 0.15) is 5.60 Å². The molecule has 0 aromatic heterocycles. The second-order valence-corrected chi connectivity index (χ2v) is 6.22. The highest BCUT2D eigenvalue weighted by Gasteiger charge is 2.41. The van der Waals surface area contributed by atoms with Crippen molar-refractivity contribution in [2.24, 2.45) is 5.41 Å². The standard InChI is InChI=1S/C14H23NO3.C2H6/c1-7-14(6)8-10(2)9-15(11(14)16)12(17)18-13(3,4)5;1-2/h9H,7-8H2,1-6H3;1-2H3. The Morgan fingerprint density at radius 3 is 2.30 bits per heavy atom. The summed E-state index contributed by atoms with van der Waals surface area (Å²) in [6.45, 7) is 15.1. The van der Waals surface area contributed by atoms with Crippen molar-refractivity contribution in [1.82, 2.24) is 4.90 Å². The molecule has 0 bridgehead atoms. The van der Waals surface area contributed by atoms with Crippen LogP contribution in [0.25, 0.3) is 0 Å². The quantitative estimate of drug-likeness (QED) is 0.711. The summed E-state index contributed by atoms with van der Waals surface area (Å²) >= 11 is 0. The molecule has 0 N–H and O–H groups in total. The lowest BCUT2D eigenvalue weighted by molar-refractivity contribution is -0.139. The Morgan fingerprint density at radius 1 is 1.40 bits per heavy atom. The van der Waals surface area contributed by atoms with E-state index < -0.39 is 17.1 Å². The van der Waals surface area contributed by atoms with Gasteiger partial charge in [0.05, 0.1) is 5.41 Å². The normalized spacial score (nSPS) is 22.7. The minimum Gasteiger partial charge on any atom is -0.443 e. The van der Waals surface area contributed by atoms with Crippen LogP contribution >= 0.6 is 0 Å². The van der Waals surface area contributed by atoms with Gasteiger partial charge in [0, 0.05) is 6.20 Å². The Bertz CT molecular complexity index is 393. The molecular formula is C16H29NO3. The lowest BCUT2D eigenvalue weighted by atomic mass is 9.78. The molecule has 1 atom stereocenters. The molecule has 4 heteroatoms. The number of rotatable bonds is 1. The lowest BCUT2D eigenvalue weighted by Gasteiger charge is -2.36. The van der Waals surface area contributed by atoms with Crippen molar-refractivity contribution in [2.75, 3.05) is 0 Å². The Hall–Kier alpha value is -1.32. The van der Waals surface area contributed by atoms with Gasteiger partial charge in [-0.3, -0.25) is 4.79 Å². The Kier molecular flexibility index (Phi) is 6.45. The van der Waals surface area contributed by atoms with Gasteiger partial charge in [0.15, 0.2) is 0 Å². The van der Waals surface area contributed by atoms with Crippen LogP contribution in [-0.4, -0.2) is 22.5 Å². The van der Waals surface area contributed by atoms with Crippen LogP contribution in [0.3, 0.4) is 0 Å². The summed E-state index contributed by atoms with van der Waals surface area (Å²) in [6.07, 6.45) is 2.40. The maximum atomic E-state index is 12.3. The van der Waals surface area contributed by atoms with Crippen molar-refractivity contribution < 1.29 is 14.3 Å². The Labute approximate surface area is 123 Å². The molecule has 116 valence electrons. The highest BCUT2D eigenvalue weighted by Crippen LogP contribution is 2.36. The van der Waals surface area contributed by atoms with Crippen LogP contribution in [0.5, 0.6) is 0 Å². The summed E-state index contributed by atoms with van der Waals surface area (Å²) in [5, 5.41) is 0. The summed E-state index contributed by atoms with van der Waals surface area (Å²) < 4.78 is 5.26. The zero-order valence-electron chi connectivity index (χ0n) is 14.2. The molecule has 0 saturated heterocycles. The van der Waals surface area contributed by atoms with Crippen molar-refractivity contribution in [1.29, 1.82) is 0 Å². The number of imide groups is 1. The second kappa shape index (κ2) is 6.91. The van der Waals surface area contributed by atoms with Gasteiger partial charge < -0.3 is 4.74 Å². The molecule has 1 aliphatic heterocycles. The maximum Gasteiger partial charge on any atom is 0.421 e. The number of amides is 2. The van der Waals surface area contributed by atoms with Gasteiger partial charge in [-0.25, -0.2) is 9.69 Å². The third kappa shape index (κ3) is 4.66. The summed E-state index contributed by atoms with van der Waals surface area (Å²) in [7, 11) is 0. The van der Waals surface area contributed by atoms with E-state index in [0.717, 1.165) is 10.5 Å². The van der Waals surface area contributed by atoms with Crippen molar-refractivity contribution in [3.05, 3.63) is 11.8 Å². The first-order valence-electron chi connectivity index (χ1n) is 7.33. The lowest BCUT2D eigenvalue weighted by Crippen LogP contribution is -2.47. The number of hydrogen-bond donors (Lipinski definition) is 0. The fourth-order valence-corrected chi connectivity index (χ4v) is 2.03. The third-order valence-electron chi connectivity index (χ3n) is 3.12. The minimum atomic E-state index is -0.598. The van der Waals surface area contributed by atoms with E-state index in [4.69, 9.17) is 4.74 Å². The smallest absolute Gasteiger partial charge is 0.421 e. The summed E-state index contributed by atoms with van der Waals surface area (Å²) in [6, 6.07) is 0. The molecule has 0 saturated carbocycles. The molecule has 1 aliphatic rings. The third-order valence-corrected chi connectivity index (χ3v) is 3.12. The van der Waals surface area contributed by atoms with Gasteiger partial charge in [0.25, 0.3) is 0 Å². The van der Waals surface area contributed by atoms with E-state index in [9.17, 15) is 9.59 Å².